The zero-order chi connectivity index (χ0) is 14.6. The molecule has 1 rings (SSSR count). The molecule has 0 bridgehead atoms. The minimum absolute atomic E-state index is 0.206. The first-order valence-corrected chi connectivity index (χ1v) is 7.19. The van der Waals surface area contributed by atoms with E-state index >= 15 is 0 Å². The zero-order valence-corrected chi connectivity index (χ0v) is 13.4. The molecule has 0 spiro atoms. The fraction of sp³-hybridized carbons (Fsp3) is 0.429. The number of carboxylic acid groups (broad SMARTS) is 1. The van der Waals surface area contributed by atoms with Crippen LogP contribution in [0.1, 0.15) is 36.2 Å². The first-order valence-electron chi connectivity index (χ1n) is 6.11. The Morgan fingerprint density at radius 2 is 2.00 bits per heavy atom. The Labute approximate surface area is 126 Å². The van der Waals surface area contributed by atoms with Crippen molar-refractivity contribution in [1.82, 2.24) is 5.32 Å². The van der Waals surface area contributed by atoms with Crippen LogP contribution in [0.4, 0.5) is 0 Å². The molecule has 0 unspecified atom stereocenters. The van der Waals surface area contributed by atoms with Crippen molar-refractivity contribution in [2.24, 2.45) is 5.92 Å². The second kappa shape index (κ2) is 6.88. The van der Waals surface area contributed by atoms with Crippen LogP contribution < -0.4 is 5.32 Å². The third kappa shape index (κ3) is 4.81. The molecule has 4 nitrogen and oxygen atoms in total. The van der Waals surface area contributed by atoms with Crippen LogP contribution in [-0.2, 0) is 4.79 Å². The third-order valence-electron chi connectivity index (χ3n) is 2.68. The number of halogens is 1. The van der Waals surface area contributed by atoms with Gasteiger partial charge >= 0.3 is 5.97 Å². The predicted octanol–water partition coefficient (Wildman–Crippen LogP) is 2.83. The van der Waals surface area contributed by atoms with E-state index < -0.39 is 12.0 Å². The van der Waals surface area contributed by atoms with Crippen LogP contribution in [0, 0.1) is 16.4 Å². The molecule has 1 aromatic rings. The smallest absolute Gasteiger partial charge is 0.326 e. The van der Waals surface area contributed by atoms with E-state index in [1.807, 2.05) is 32.9 Å². The molecule has 0 saturated heterocycles. The van der Waals surface area contributed by atoms with Crippen LogP contribution in [-0.4, -0.2) is 23.0 Å². The summed E-state index contributed by atoms with van der Waals surface area (Å²) in [4.78, 5) is 23.3. The lowest BCUT2D eigenvalue weighted by molar-refractivity contribution is -0.139. The quantitative estimate of drug-likeness (QED) is 0.778. The van der Waals surface area contributed by atoms with E-state index in [-0.39, 0.29) is 11.8 Å². The van der Waals surface area contributed by atoms with Crippen LogP contribution in [0.15, 0.2) is 18.2 Å². The van der Waals surface area contributed by atoms with Crippen LogP contribution in [0.5, 0.6) is 0 Å². The van der Waals surface area contributed by atoms with Gasteiger partial charge in [0.05, 0.1) is 5.56 Å². The number of carboxylic acids is 1. The van der Waals surface area contributed by atoms with E-state index in [0.29, 0.717) is 12.0 Å². The van der Waals surface area contributed by atoms with Gasteiger partial charge < -0.3 is 10.4 Å². The molecule has 0 aliphatic rings. The number of carbonyl (C=O) groups excluding carboxylic acids is 1. The SMILES string of the molecule is Cc1ccc(I)c(C(=O)N[C@H](CC(C)C)C(=O)O)c1. The Bertz CT molecular complexity index is 486. The summed E-state index contributed by atoms with van der Waals surface area (Å²) in [6, 6.07) is 4.69. The molecule has 19 heavy (non-hydrogen) atoms. The van der Waals surface area contributed by atoms with Crippen molar-refractivity contribution in [2.45, 2.75) is 33.2 Å². The minimum Gasteiger partial charge on any atom is -0.480 e. The van der Waals surface area contributed by atoms with Crippen molar-refractivity contribution in [3.63, 3.8) is 0 Å². The summed E-state index contributed by atoms with van der Waals surface area (Å²) < 4.78 is 0.814. The lowest BCUT2D eigenvalue weighted by Gasteiger charge is -2.17. The Morgan fingerprint density at radius 3 is 2.53 bits per heavy atom. The number of hydrogen-bond acceptors (Lipinski definition) is 2. The summed E-state index contributed by atoms with van der Waals surface area (Å²) in [6.07, 6.45) is 0.420. The van der Waals surface area contributed by atoms with Gasteiger partial charge in [0.25, 0.3) is 5.91 Å². The van der Waals surface area contributed by atoms with Crippen molar-refractivity contribution in [2.75, 3.05) is 0 Å². The van der Waals surface area contributed by atoms with Gasteiger partial charge in [0, 0.05) is 3.57 Å². The van der Waals surface area contributed by atoms with Gasteiger partial charge in [-0.1, -0.05) is 25.5 Å². The fourth-order valence-electron chi connectivity index (χ4n) is 1.74. The van der Waals surface area contributed by atoms with E-state index in [1.54, 1.807) is 6.07 Å². The molecule has 104 valence electrons. The van der Waals surface area contributed by atoms with E-state index in [9.17, 15) is 9.59 Å². The maximum Gasteiger partial charge on any atom is 0.326 e. The first-order chi connectivity index (χ1) is 8.81. The van der Waals surface area contributed by atoms with Gasteiger partial charge in [0.1, 0.15) is 6.04 Å². The molecular formula is C14H18INO3. The number of aliphatic carboxylic acids is 1. The van der Waals surface area contributed by atoms with Crippen molar-refractivity contribution < 1.29 is 14.7 Å². The number of aryl methyl sites for hydroxylation is 1. The third-order valence-corrected chi connectivity index (χ3v) is 3.62. The van der Waals surface area contributed by atoms with E-state index in [4.69, 9.17) is 5.11 Å². The molecule has 1 amide bonds. The number of hydrogen-bond donors (Lipinski definition) is 2. The zero-order valence-electron chi connectivity index (χ0n) is 11.2. The standard InChI is InChI=1S/C14H18INO3/c1-8(2)6-12(14(18)19)16-13(17)10-7-9(3)4-5-11(10)15/h4-5,7-8,12H,6H2,1-3H3,(H,16,17)(H,18,19)/t12-/m1/s1. The van der Waals surface area contributed by atoms with Gasteiger partial charge in [0.2, 0.25) is 0 Å². The lowest BCUT2D eigenvalue weighted by Crippen LogP contribution is -2.41. The topological polar surface area (TPSA) is 66.4 Å². The molecule has 1 aromatic carbocycles. The van der Waals surface area contributed by atoms with Gasteiger partial charge in [-0.15, -0.1) is 0 Å². The predicted molar refractivity (Wildman–Crippen MR) is 82.2 cm³/mol. The summed E-state index contributed by atoms with van der Waals surface area (Å²) in [5.41, 5.74) is 1.50. The molecule has 0 fully saturated rings. The fourth-order valence-corrected chi connectivity index (χ4v) is 2.32. The van der Waals surface area contributed by atoms with Crippen molar-refractivity contribution >= 4 is 34.5 Å². The Morgan fingerprint density at radius 1 is 1.37 bits per heavy atom. The average Bonchev–Trinajstić information content (AvgIpc) is 2.30. The van der Waals surface area contributed by atoms with Gasteiger partial charge in [0.15, 0.2) is 0 Å². The van der Waals surface area contributed by atoms with Crippen molar-refractivity contribution in [3.8, 4) is 0 Å². The number of carbonyl (C=O) groups is 2. The van der Waals surface area contributed by atoms with Gasteiger partial charge in [-0.3, -0.25) is 4.79 Å². The second-order valence-electron chi connectivity index (χ2n) is 4.98. The first kappa shape index (κ1) is 15.9. The molecule has 0 radical (unpaired) electrons. The van der Waals surface area contributed by atoms with Gasteiger partial charge in [-0.2, -0.15) is 0 Å². The van der Waals surface area contributed by atoms with Crippen molar-refractivity contribution in [1.29, 1.82) is 0 Å². The molecule has 0 heterocycles. The summed E-state index contributed by atoms with van der Waals surface area (Å²) in [5, 5.41) is 11.7. The van der Waals surface area contributed by atoms with Crippen LogP contribution in [0.3, 0.4) is 0 Å². The summed E-state index contributed by atoms with van der Waals surface area (Å²) in [6.45, 7) is 5.76. The second-order valence-corrected chi connectivity index (χ2v) is 6.14. The van der Waals surface area contributed by atoms with E-state index in [1.165, 1.54) is 0 Å². The summed E-state index contributed by atoms with van der Waals surface area (Å²) in [5.74, 6) is -1.12. The number of benzene rings is 1. The Kier molecular flexibility index (Phi) is 5.78. The van der Waals surface area contributed by atoms with Gasteiger partial charge in [-0.25, -0.2) is 4.79 Å². The molecule has 1 atom stereocenters. The van der Waals surface area contributed by atoms with Crippen LogP contribution in [0.2, 0.25) is 0 Å². The van der Waals surface area contributed by atoms with Crippen LogP contribution >= 0.6 is 22.6 Å². The van der Waals surface area contributed by atoms with Crippen molar-refractivity contribution in [3.05, 3.63) is 32.9 Å². The summed E-state index contributed by atoms with van der Waals surface area (Å²) >= 11 is 2.07. The highest BCUT2D eigenvalue weighted by Crippen LogP contribution is 2.15. The molecule has 0 aromatic heterocycles. The molecule has 5 heteroatoms. The highest BCUT2D eigenvalue weighted by molar-refractivity contribution is 14.1. The molecule has 0 saturated carbocycles. The maximum atomic E-state index is 12.1. The molecule has 0 aliphatic carbocycles. The normalized spacial score (nSPS) is 12.3. The van der Waals surface area contributed by atoms with Gasteiger partial charge in [-0.05, 0) is 54.0 Å². The monoisotopic (exact) mass is 375 g/mol. The number of amides is 1. The highest BCUT2D eigenvalue weighted by atomic mass is 127. The average molecular weight is 375 g/mol. The largest absolute Gasteiger partial charge is 0.480 e. The lowest BCUT2D eigenvalue weighted by atomic mass is 10.0. The molecular weight excluding hydrogens is 357 g/mol. The van der Waals surface area contributed by atoms with E-state index in [2.05, 4.69) is 27.9 Å². The molecule has 2 N–H and O–H groups in total. The van der Waals surface area contributed by atoms with Crippen LogP contribution in [0.25, 0.3) is 0 Å². The molecule has 0 aliphatic heterocycles. The maximum absolute atomic E-state index is 12.1. The highest BCUT2D eigenvalue weighted by Gasteiger charge is 2.22. The number of rotatable bonds is 5. The van der Waals surface area contributed by atoms with E-state index in [0.717, 1.165) is 9.13 Å². The number of nitrogens with one attached hydrogen (secondary N) is 1. The minimum atomic E-state index is -0.996. The Balaban J connectivity index is 2.87. The Hall–Kier alpha value is -1.11. The summed E-state index contributed by atoms with van der Waals surface area (Å²) in [7, 11) is 0.